The van der Waals surface area contributed by atoms with Crippen LogP contribution < -0.4 is 0 Å². The Morgan fingerprint density at radius 1 is 1.29 bits per heavy atom. The van der Waals surface area contributed by atoms with Crippen LogP contribution in [0.25, 0.3) is 0 Å². The van der Waals surface area contributed by atoms with Gasteiger partial charge in [0, 0.05) is 50.8 Å². The molecule has 21 heavy (non-hydrogen) atoms. The molecule has 0 spiro atoms. The highest BCUT2D eigenvalue weighted by atomic mass is 16.4. The third-order valence-electron chi connectivity index (χ3n) is 4.16. The van der Waals surface area contributed by atoms with Crippen LogP contribution in [0.15, 0.2) is 12.3 Å². The normalized spacial score (nSPS) is 16.1. The van der Waals surface area contributed by atoms with Crippen LogP contribution in [0.5, 0.6) is 0 Å². The van der Waals surface area contributed by atoms with Gasteiger partial charge >= 0.3 is 5.97 Å². The van der Waals surface area contributed by atoms with Crippen molar-refractivity contribution in [2.75, 3.05) is 13.1 Å². The van der Waals surface area contributed by atoms with Crippen LogP contribution in [0.4, 0.5) is 0 Å². The molecule has 0 unspecified atom stereocenters. The number of aliphatic carboxylic acids is 1. The van der Waals surface area contributed by atoms with E-state index < -0.39 is 5.97 Å². The van der Waals surface area contributed by atoms with Gasteiger partial charge in [-0.15, -0.1) is 0 Å². The highest BCUT2D eigenvalue weighted by Crippen LogP contribution is 2.27. The van der Waals surface area contributed by atoms with Gasteiger partial charge in [0.1, 0.15) is 0 Å². The summed E-state index contributed by atoms with van der Waals surface area (Å²) in [5.74, 6) is -0.156. The molecule has 1 amide bonds. The Kier molecular flexibility index (Phi) is 5.36. The number of aromatic nitrogens is 2. The summed E-state index contributed by atoms with van der Waals surface area (Å²) in [6, 6.07) is 2.05. The predicted molar refractivity (Wildman–Crippen MR) is 77.9 cm³/mol. The van der Waals surface area contributed by atoms with Crippen LogP contribution in [0, 0.1) is 0 Å². The minimum Gasteiger partial charge on any atom is -0.481 e. The van der Waals surface area contributed by atoms with Gasteiger partial charge in [-0.05, 0) is 31.7 Å². The minimum atomic E-state index is -0.792. The molecule has 1 aliphatic heterocycles. The topological polar surface area (TPSA) is 75.4 Å². The number of carbonyl (C=O) groups excluding carboxylic acids is 1. The number of rotatable bonds is 6. The van der Waals surface area contributed by atoms with Crippen molar-refractivity contribution in [1.82, 2.24) is 14.7 Å². The van der Waals surface area contributed by atoms with Gasteiger partial charge in [0.05, 0.1) is 0 Å². The third-order valence-corrected chi connectivity index (χ3v) is 4.16. The molecule has 2 heterocycles. The summed E-state index contributed by atoms with van der Waals surface area (Å²) in [6.07, 6.45) is 5.61. The fourth-order valence-electron chi connectivity index (χ4n) is 2.92. The molecule has 1 saturated heterocycles. The summed E-state index contributed by atoms with van der Waals surface area (Å²) < 4.78 is 1.91. The zero-order chi connectivity index (χ0) is 15.2. The van der Waals surface area contributed by atoms with E-state index in [2.05, 4.69) is 5.10 Å². The van der Waals surface area contributed by atoms with E-state index in [4.69, 9.17) is 5.11 Å². The molecule has 2 rings (SSSR count). The van der Waals surface area contributed by atoms with Crippen LogP contribution in [-0.2, 0) is 16.6 Å². The van der Waals surface area contributed by atoms with Crippen molar-refractivity contribution in [3.05, 3.63) is 18.0 Å². The number of carbonyl (C=O) groups is 2. The van der Waals surface area contributed by atoms with Crippen molar-refractivity contribution in [2.24, 2.45) is 7.05 Å². The lowest BCUT2D eigenvalue weighted by molar-refractivity contribution is -0.137. The molecule has 1 aliphatic rings. The van der Waals surface area contributed by atoms with Gasteiger partial charge in [-0.1, -0.05) is 0 Å². The quantitative estimate of drug-likeness (QED) is 0.811. The maximum absolute atomic E-state index is 12.1. The van der Waals surface area contributed by atoms with Crippen molar-refractivity contribution < 1.29 is 14.7 Å². The zero-order valence-corrected chi connectivity index (χ0v) is 12.5. The van der Waals surface area contributed by atoms with E-state index in [1.807, 2.05) is 28.9 Å². The average molecular weight is 293 g/mol. The average Bonchev–Trinajstić information content (AvgIpc) is 2.89. The van der Waals surface area contributed by atoms with Gasteiger partial charge in [-0.2, -0.15) is 5.10 Å². The summed E-state index contributed by atoms with van der Waals surface area (Å²) >= 11 is 0. The lowest BCUT2D eigenvalue weighted by atomic mass is 9.93. The molecular weight excluding hydrogens is 270 g/mol. The van der Waals surface area contributed by atoms with E-state index >= 15 is 0 Å². The molecule has 1 aromatic heterocycles. The summed E-state index contributed by atoms with van der Waals surface area (Å²) in [5, 5.41) is 12.8. The molecule has 1 aromatic rings. The molecule has 0 bridgehead atoms. The van der Waals surface area contributed by atoms with E-state index in [1.54, 1.807) is 0 Å². The molecule has 116 valence electrons. The Morgan fingerprint density at radius 2 is 1.95 bits per heavy atom. The van der Waals surface area contributed by atoms with Crippen LogP contribution >= 0.6 is 0 Å². The smallest absolute Gasteiger partial charge is 0.303 e. The number of amides is 1. The van der Waals surface area contributed by atoms with Crippen LogP contribution in [-0.4, -0.2) is 44.8 Å². The first-order valence-electron chi connectivity index (χ1n) is 7.55. The summed E-state index contributed by atoms with van der Waals surface area (Å²) in [6.45, 7) is 1.57. The van der Waals surface area contributed by atoms with Crippen LogP contribution in [0.3, 0.4) is 0 Å². The second-order valence-electron chi connectivity index (χ2n) is 5.64. The Morgan fingerprint density at radius 3 is 2.52 bits per heavy atom. The zero-order valence-electron chi connectivity index (χ0n) is 12.5. The molecule has 0 aromatic carbocycles. The van der Waals surface area contributed by atoms with Gasteiger partial charge in [0.2, 0.25) is 5.91 Å². The summed E-state index contributed by atoms with van der Waals surface area (Å²) in [5.41, 5.74) is 1.24. The van der Waals surface area contributed by atoms with E-state index in [-0.39, 0.29) is 12.3 Å². The fourth-order valence-corrected chi connectivity index (χ4v) is 2.92. The second-order valence-corrected chi connectivity index (χ2v) is 5.64. The number of unbranched alkanes of at least 4 members (excludes halogenated alkanes) is 1. The molecule has 0 saturated carbocycles. The molecule has 0 atom stereocenters. The van der Waals surface area contributed by atoms with E-state index in [0.29, 0.717) is 25.2 Å². The molecule has 0 radical (unpaired) electrons. The minimum absolute atomic E-state index is 0.149. The van der Waals surface area contributed by atoms with Crippen molar-refractivity contribution in [3.8, 4) is 0 Å². The molecular formula is C15H23N3O3. The number of likely N-dealkylation sites (tertiary alicyclic amines) is 1. The Bertz CT molecular complexity index is 490. The first-order chi connectivity index (χ1) is 10.1. The van der Waals surface area contributed by atoms with Crippen LogP contribution in [0.1, 0.15) is 50.1 Å². The summed E-state index contributed by atoms with van der Waals surface area (Å²) in [4.78, 5) is 24.4. The number of piperidine rings is 1. The number of nitrogens with zero attached hydrogens (tertiary/aromatic N) is 3. The van der Waals surface area contributed by atoms with Gasteiger partial charge in [-0.3, -0.25) is 14.3 Å². The Hall–Kier alpha value is -1.85. The molecule has 1 N–H and O–H groups in total. The number of hydrogen-bond donors (Lipinski definition) is 1. The van der Waals surface area contributed by atoms with Crippen molar-refractivity contribution in [1.29, 1.82) is 0 Å². The summed E-state index contributed by atoms with van der Waals surface area (Å²) in [7, 11) is 1.95. The largest absolute Gasteiger partial charge is 0.481 e. The van der Waals surface area contributed by atoms with Gasteiger partial charge in [-0.25, -0.2) is 0 Å². The van der Waals surface area contributed by atoms with E-state index in [9.17, 15) is 9.59 Å². The fraction of sp³-hybridized carbons (Fsp3) is 0.667. The first-order valence-corrected chi connectivity index (χ1v) is 7.55. The van der Waals surface area contributed by atoms with Crippen LogP contribution in [0.2, 0.25) is 0 Å². The van der Waals surface area contributed by atoms with E-state index in [1.165, 1.54) is 5.69 Å². The number of hydrogen-bond acceptors (Lipinski definition) is 3. The van der Waals surface area contributed by atoms with Gasteiger partial charge in [0.15, 0.2) is 0 Å². The molecule has 6 heteroatoms. The Labute approximate surface area is 124 Å². The maximum atomic E-state index is 12.1. The lowest BCUT2D eigenvalue weighted by Crippen LogP contribution is -2.38. The highest BCUT2D eigenvalue weighted by molar-refractivity contribution is 5.76. The lowest BCUT2D eigenvalue weighted by Gasteiger charge is -2.32. The highest BCUT2D eigenvalue weighted by Gasteiger charge is 2.24. The van der Waals surface area contributed by atoms with Crippen molar-refractivity contribution in [2.45, 2.75) is 44.4 Å². The molecule has 6 nitrogen and oxygen atoms in total. The first kappa shape index (κ1) is 15.5. The number of carboxylic acids is 1. The number of carboxylic acid groups (broad SMARTS) is 1. The molecule has 1 fully saturated rings. The Balaban J connectivity index is 1.72. The third kappa shape index (κ3) is 4.31. The predicted octanol–water partition coefficient (Wildman–Crippen LogP) is 1.77. The van der Waals surface area contributed by atoms with Gasteiger partial charge < -0.3 is 10.0 Å². The van der Waals surface area contributed by atoms with Crippen molar-refractivity contribution in [3.63, 3.8) is 0 Å². The van der Waals surface area contributed by atoms with Gasteiger partial charge in [0.25, 0.3) is 0 Å². The number of aryl methyl sites for hydroxylation is 1. The maximum Gasteiger partial charge on any atom is 0.303 e. The van der Waals surface area contributed by atoms with E-state index in [0.717, 1.165) is 25.9 Å². The SMILES string of the molecule is Cn1nccc1C1CCN(C(=O)CCCCC(=O)O)CC1. The monoisotopic (exact) mass is 293 g/mol. The molecule has 0 aliphatic carbocycles. The standard InChI is InChI=1S/C15H23N3O3/c1-17-13(6-9-16-17)12-7-10-18(11-8-12)14(19)4-2-3-5-15(20)21/h6,9,12H,2-5,7-8,10-11H2,1H3,(H,20,21). The van der Waals surface area contributed by atoms with Crippen molar-refractivity contribution >= 4 is 11.9 Å². The second kappa shape index (κ2) is 7.24.